The number of nitrogens with zero attached hydrogens (tertiary/aromatic N) is 1. The van der Waals surface area contributed by atoms with Gasteiger partial charge < -0.3 is 5.32 Å². The Balaban J connectivity index is 2.21. The summed E-state index contributed by atoms with van der Waals surface area (Å²) in [4.78, 5) is 15.8. The van der Waals surface area contributed by atoms with Crippen LogP contribution in [0.4, 0.5) is 0 Å². The monoisotopic (exact) mass is 205 g/mol. The average molecular weight is 205 g/mol. The summed E-state index contributed by atoms with van der Waals surface area (Å²) >= 11 is 0. The third kappa shape index (κ3) is 2.15. The number of amides is 1. The van der Waals surface area contributed by atoms with Gasteiger partial charge in [0.05, 0.1) is 0 Å². The summed E-state index contributed by atoms with van der Waals surface area (Å²) in [5.74, 6) is 0.0266. The van der Waals surface area contributed by atoms with E-state index < -0.39 is 0 Å². The third-order valence-electron chi connectivity index (χ3n) is 2.56. The van der Waals surface area contributed by atoms with Crippen molar-refractivity contribution in [2.75, 3.05) is 6.54 Å². The highest BCUT2D eigenvalue weighted by Crippen LogP contribution is 2.15. The molecule has 1 amide bonds. The molecular weight excluding hydrogens is 190 g/mol. The van der Waals surface area contributed by atoms with E-state index in [0.717, 1.165) is 11.3 Å². The molecule has 2 heterocycles. The molecule has 1 saturated heterocycles. The van der Waals surface area contributed by atoms with E-state index in [1.54, 1.807) is 6.20 Å². The number of aromatic nitrogens is 1. The van der Waals surface area contributed by atoms with E-state index in [9.17, 15) is 4.79 Å². The first-order chi connectivity index (χ1) is 7.16. The Morgan fingerprint density at radius 2 is 2.27 bits per heavy atom. The van der Waals surface area contributed by atoms with Crippen LogP contribution >= 0.6 is 0 Å². The van der Waals surface area contributed by atoms with Gasteiger partial charge in [0.1, 0.15) is 6.04 Å². The minimum absolute atomic E-state index is 0.0266. The molecule has 1 fully saturated rings. The summed E-state index contributed by atoms with van der Waals surface area (Å²) in [7, 11) is 0. The second-order valence-corrected chi connectivity index (χ2v) is 3.98. The van der Waals surface area contributed by atoms with Crippen molar-refractivity contribution in [2.24, 2.45) is 0 Å². The van der Waals surface area contributed by atoms with Gasteiger partial charge in [0.25, 0.3) is 0 Å². The number of piperazine rings is 1. The molecule has 2 atom stereocenters. The molecule has 0 spiro atoms. The van der Waals surface area contributed by atoms with E-state index in [-0.39, 0.29) is 11.9 Å². The van der Waals surface area contributed by atoms with Crippen LogP contribution in [0.3, 0.4) is 0 Å². The number of aryl methyl sites for hydroxylation is 1. The van der Waals surface area contributed by atoms with Crippen LogP contribution in [0.1, 0.15) is 24.2 Å². The molecule has 1 aliphatic heterocycles. The Bertz CT molecular complexity index is 361. The number of nitrogens with one attached hydrogen (secondary N) is 2. The molecule has 0 aliphatic carbocycles. The molecule has 1 aromatic heterocycles. The number of hydrogen-bond acceptors (Lipinski definition) is 3. The van der Waals surface area contributed by atoms with Crippen LogP contribution in [-0.4, -0.2) is 23.5 Å². The first-order valence-electron chi connectivity index (χ1n) is 5.13. The largest absolute Gasteiger partial charge is 0.353 e. The summed E-state index contributed by atoms with van der Waals surface area (Å²) < 4.78 is 0. The second-order valence-electron chi connectivity index (χ2n) is 3.98. The van der Waals surface area contributed by atoms with E-state index in [0.29, 0.717) is 12.6 Å². The quantitative estimate of drug-likeness (QED) is 0.703. The lowest BCUT2D eigenvalue weighted by molar-refractivity contribution is -0.125. The predicted molar refractivity (Wildman–Crippen MR) is 57.3 cm³/mol. The summed E-state index contributed by atoms with van der Waals surface area (Å²) in [5.41, 5.74) is 1.88. The van der Waals surface area contributed by atoms with E-state index >= 15 is 0 Å². The lowest BCUT2D eigenvalue weighted by atomic mass is 10.0. The van der Waals surface area contributed by atoms with Crippen LogP contribution in [0.25, 0.3) is 0 Å². The zero-order valence-electron chi connectivity index (χ0n) is 8.95. The fourth-order valence-electron chi connectivity index (χ4n) is 1.67. The molecule has 4 nitrogen and oxygen atoms in total. The molecule has 0 radical (unpaired) electrons. The van der Waals surface area contributed by atoms with Crippen LogP contribution < -0.4 is 10.6 Å². The van der Waals surface area contributed by atoms with Crippen LogP contribution in [-0.2, 0) is 4.79 Å². The Morgan fingerprint density at radius 3 is 2.93 bits per heavy atom. The number of hydrogen-bond donors (Lipinski definition) is 2. The van der Waals surface area contributed by atoms with Crippen LogP contribution in [0.5, 0.6) is 0 Å². The van der Waals surface area contributed by atoms with E-state index in [1.165, 1.54) is 0 Å². The highest BCUT2D eigenvalue weighted by atomic mass is 16.2. The van der Waals surface area contributed by atoms with E-state index in [2.05, 4.69) is 15.6 Å². The molecule has 1 aromatic rings. The minimum Gasteiger partial charge on any atom is -0.353 e. The molecule has 0 bridgehead atoms. The van der Waals surface area contributed by atoms with Gasteiger partial charge >= 0.3 is 0 Å². The standard InChI is InChI=1S/C11H15N3O/c1-7-3-4-9(6-12-7)10-11(15)13-5-8(2)14-10/h3-4,6,8,10,14H,5H2,1-2H3,(H,13,15). The first kappa shape index (κ1) is 10.1. The predicted octanol–water partition coefficient (Wildman–Crippen LogP) is 0.539. The smallest absolute Gasteiger partial charge is 0.241 e. The Morgan fingerprint density at radius 1 is 1.47 bits per heavy atom. The van der Waals surface area contributed by atoms with Crippen molar-refractivity contribution in [1.82, 2.24) is 15.6 Å². The molecule has 0 aromatic carbocycles. The van der Waals surface area contributed by atoms with Crippen LogP contribution in [0.15, 0.2) is 18.3 Å². The molecule has 2 rings (SSSR count). The van der Waals surface area contributed by atoms with Gasteiger partial charge in [0.15, 0.2) is 0 Å². The van der Waals surface area contributed by atoms with Gasteiger partial charge in [-0.1, -0.05) is 6.07 Å². The fraction of sp³-hybridized carbons (Fsp3) is 0.455. The number of pyridine rings is 1. The maximum absolute atomic E-state index is 11.6. The lowest BCUT2D eigenvalue weighted by Crippen LogP contribution is -2.52. The normalized spacial score (nSPS) is 26.1. The molecule has 80 valence electrons. The van der Waals surface area contributed by atoms with Crippen molar-refractivity contribution in [3.63, 3.8) is 0 Å². The Hall–Kier alpha value is -1.42. The summed E-state index contributed by atoms with van der Waals surface area (Å²) in [6, 6.07) is 3.90. The highest BCUT2D eigenvalue weighted by Gasteiger charge is 2.26. The van der Waals surface area contributed by atoms with Gasteiger partial charge in [-0.3, -0.25) is 15.1 Å². The van der Waals surface area contributed by atoms with Gasteiger partial charge in [0.2, 0.25) is 5.91 Å². The molecule has 0 saturated carbocycles. The first-order valence-corrected chi connectivity index (χ1v) is 5.13. The van der Waals surface area contributed by atoms with Gasteiger partial charge in [-0.25, -0.2) is 0 Å². The maximum Gasteiger partial charge on any atom is 0.241 e. The zero-order chi connectivity index (χ0) is 10.8. The number of carbonyl (C=O) groups is 1. The van der Waals surface area contributed by atoms with Crippen molar-refractivity contribution in [2.45, 2.75) is 25.9 Å². The molecule has 15 heavy (non-hydrogen) atoms. The lowest BCUT2D eigenvalue weighted by Gasteiger charge is -2.28. The fourth-order valence-corrected chi connectivity index (χ4v) is 1.67. The van der Waals surface area contributed by atoms with Crippen molar-refractivity contribution >= 4 is 5.91 Å². The highest BCUT2D eigenvalue weighted by molar-refractivity contribution is 5.83. The van der Waals surface area contributed by atoms with Gasteiger partial charge in [-0.15, -0.1) is 0 Å². The average Bonchev–Trinajstić information content (AvgIpc) is 2.23. The molecular formula is C11H15N3O. The SMILES string of the molecule is Cc1ccc(C2NC(C)CNC2=O)cn1. The van der Waals surface area contributed by atoms with E-state index in [4.69, 9.17) is 0 Å². The van der Waals surface area contributed by atoms with Crippen molar-refractivity contribution in [3.8, 4) is 0 Å². The molecule has 4 heteroatoms. The Labute approximate surface area is 89.1 Å². The summed E-state index contributed by atoms with van der Waals surface area (Å²) in [6.07, 6.45) is 1.75. The van der Waals surface area contributed by atoms with Gasteiger partial charge in [0, 0.05) is 24.5 Å². The summed E-state index contributed by atoms with van der Waals surface area (Å²) in [5, 5.41) is 6.12. The second kappa shape index (κ2) is 3.98. The van der Waals surface area contributed by atoms with Crippen LogP contribution in [0, 0.1) is 6.92 Å². The summed E-state index contributed by atoms with van der Waals surface area (Å²) in [6.45, 7) is 4.67. The van der Waals surface area contributed by atoms with Gasteiger partial charge in [-0.05, 0) is 25.5 Å². The zero-order valence-corrected chi connectivity index (χ0v) is 8.95. The topological polar surface area (TPSA) is 54.0 Å². The molecule has 2 N–H and O–H groups in total. The maximum atomic E-state index is 11.6. The third-order valence-corrected chi connectivity index (χ3v) is 2.56. The van der Waals surface area contributed by atoms with Crippen LogP contribution in [0.2, 0.25) is 0 Å². The molecule has 2 unspecified atom stereocenters. The van der Waals surface area contributed by atoms with Crippen molar-refractivity contribution < 1.29 is 4.79 Å². The van der Waals surface area contributed by atoms with Crippen molar-refractivity contribution in [3.05, 3.63) is 29.6 Å². The van der Waals surface area contributed by atoms with E-state index in [1.807, 2.05) is 26.0 Å². The Kier molecular flexibility index (Phi) is 2.68. The van der Waals surface area contributed by atoms with Crippen molar-refractivity contribution in [1.29, 1.82) is 0 Å². The number of carbonyl (C=O) groups excluding carboxylic acids is 1. The number of rotatable bonds is 1. The molecule has 1 aliphatic rings. The van der Waals surface area contributed by atoms with Gasteiger partial charge in [-0.2, -0.15) is 0 Å². The minimum atomic E-state index is -0.262.